The monoisotopic (exact) mass is 566 g/mol. The zero-order valence-electron chi connectivity index (χ0n) is 20.1. The number of ether oxygens (including phenoxy) is 1. The molecule has 1 atom stereocenters. The van der Waals surface area contributed by atoms with Crippen LogP contribution in [0.15, 0.2) is 35.7 Å². The number of fused-ring (bicyclic) bond motifs is 1. The largest absolute Gasteiger partial charge is 0.490 e. The summed E-state index contributed by atoms with van der Waals surface area (Å²) in [6, 6.07) is 6.28. The molecule has 0 radical (unpaired) electrons. The van der Waals surface area contributed by atoms with E-state index in [4.69, 9.17) is 9.73 Å². The molecule has 0 spiro atoms. The van der Waals surface area contributed by atoms with E-state index < -0.39 is 0 Å². The zero-order chi connectivity index (χ0) is 22.9. The number of anilines is 1. The number of guanidine groups is 1. The number of hydrogen-bond acceptors (Lipinski definition) is 6. The molecule has 3 N–H and O–H groups in total. The Bertz CT molecular complexity index is 1050. The van der Waals surface area contributed by atoms with Crippen LogP contribution in [0.2, 0.25) is 0 Å². The average molecular weight is 566 g/mol. The van der Waals surface area contributed by atoms with Crippen molar-refractivity contribution >= 4 is 46.8 Å². The van der Waals surface area contributed by atoms with E-state index in [1.54, 1.807) is 17.2 Å². The Morgan fingerprint density at radius 2 is 2.00 bits per heavy atom. The predicted molar refractivity (Wildman–Crippen MR) is 145 cm³/mol. The minimum atomic E-state index is 0. The Morgan fingerprint density at radius 3 is 2.76 bits per heavy atom. The Labute approximate surface area is 212 Å². The second-order valence-corrected chi connectivity index (χ2v) is 7.72. The summed E-state index contributed by atoms with van der Waals surface area (Å²) in [5.74, 6) is 2.45. The Hall–Kier alpha value is -2.63. The molecule has 3 aromatic rings. The van der Waals surface area contributed by atoms with Gasteiger partial charge in [-0.05, 0) is 38.8 Å². The molecule has 180 valence electrons. The van der Waals surface area contributed by atoms with Gasteiger partial charge in [0, 0.05) is 32.2 Å². The maximum atomic E-state index is 6.11. The van der Waals surface area contributed by atoms with Crippen LogP contribution in [0, 0.1) is 6.92 Å². The number of aliphatic imine (C=N–C) groups is 1. The third-order valence-electron chi connectivity index (χ3n) is 5.12. The first-order valence-electron chi connectivity index (χ1n) is 11.2. The van der Waals surface area contributed by atoms with Gasteiger partial charge >= 0.3 is 0 Å². The molecule has 0 aliphatic rings. The molecule has 0 bridgehead atoms. The van der Waals surface area contributed by atoms with Gasteiger partial charge in [-0.25, -0.2) is 15.0 Å². The second kappa shape index (κ2) is 13.2. The van der Waals surface area contributed by atoms with Crippen molar-refractivity contribution in [2.45, 2.75) is 46.8 Å². The van der Waals surface area contributed by atoms with Crippen molar-refractivity contribution in [2.24, 2.45) is 12.0 Å². The van der Waals surface area contributed by atoms with Gasteiger partial charge in [0.15, 0.2) is 11.6 Å². The molecular weight excluding hydrogens is 531 g/mol. The average Bonchev–Trinajstić information content (AvgIpc) is 3.17. The van der Waals surface area contributed by atoms with E-state index >= 15 is 0 Å². The number of hydrogen-bond donors (Lipinski definition) is 3. The predicted octanol–water partition coefficient (Wildman–Crippen LogP) is 3.63. The smallest absolute Gasteiger partial charge is 0.191 e. The molecule has 9 nitrogen and oxygen atoms in total. The van der Waals surface area contributed by atoms with Crippen molar-refractivity contribution < 1.29 is 4.74 Å². The minimum Gasteiger partial charge on any atom is -0.490 e. The van der Waals surface area contributed by atoms with Crippen molar-refractivity contribution in [3.63, 3.8) is 0 Å². The minimum absolute atomic E-state index is 0. The lowest BCUT2D eigenvalue weighted by Crippen LogP contribution is -2.39. The van der Waals surface area contributed by atoms with Crippen LogP contribution in [0.4, 0.5) is 5.82 Å². The molecular formula is C23H35IN8O. The van der Waals surface area contributed by atoms with E-state index in [-0.39, 0.29) is 30.1 Å². The highest BCUT2D eigenvalue weighted by Crippen LogP contribution is 2.23. The van der Waals surface area contributed by atoms with E-state index in [9.17, 15) is 0 Å². The quantitative estimate of drug-likeness (QED) is 0.149. The summed E-state index contributed by atoms with van der Waals surface area (Å²) in [5.41, 5.74) is 3.06. The lowest BCUT2D eigenvalue weighted by Gasteiger charge is -2.17. The van der Waals surface area contributed by atoms with E-state index in [0.29, 0.717) is 19.6 Å². The molecule has 0 saturated heterocycles. The number of aryl methyl sites for hydroxylation is 2. The topological polar surface area (TPSA) is 101 Å². The van der Waals surface area contributed by atoms with E-state index in [1.807, 2.05) is 7.05 Å². The van der Waals surface area contributed by atoms with Gasteiger partial charge in [-0.1, -0.05) is 19.1 Å². The first-order valence-corrected chi connectivity index (χ1v) is 11.2. The van der Waals surface area contributed by atoms with Crippen LogP contribution in [0.1, 0.15) is 38.3 Å². The summed E-state index contributed by atoms with van der Waals surface area (Å²) in [4.78, 5) is 13.4. The lowest BCUT2D eigenvalue weighted by atomic mass is 10.1. The number of nitrogens with one attached hydrogen (secondary N) is 3. The van der Waals surface area contributed by atoms with Crippen molar-refractivity contribution in [2.75, 3.05) is 25.0 Å². The molecule has 0 amide bonds. The number of aromatic nitrogens is 4. The van der Waals surface area contributed by atoms with Crippen LogP contribution in [0.5, 0.6) is 5.75 Å². The molecule has 1 aromatic carbocycles. The molecule has 3 rings (SSSR count). The molecule has 0 aliphatic carbocycles. The fourth-order valence-corrected chi connectivity index (χ4v) is 3.17. The number of rotatable bonds is 10. The highest BCUT2D eigenvalue weighted by Gasteiger charge is 2.09. The van der Waals surface area contributed by atoms with Crippen LogP contribution in [0.25, 0.3) is 11.0 Å². The summed E-state index contributed by atoms with van der Waals surface area (Å²) < 4.78 is 7.85. The van der Waals surface area contributed by atoms with Crippen molar-refractivity contribution in [3.05, 3.63) is 41.9 Å². The van der Waals surface area contributed by atoms with Gasteiger partial charge in [-0.2, -0.15) is 5.10 Å². The molecule has 0 fully saturated rings. The summed E-state index contributed by atoms with van der Waals surface area (Å²) in [7, 11) is 1.87. The highest BCUT2D eigenvalue weighted by molar-refractivity contribution is 14.0. The van der Waals surface area contributed by atoms with Crippen LogP contribution in [-0.2, 0) is 13.6 Å². The summed E-state index contributed by atoms with van der Waals surface area (Å²) >= 11 is 0. The Morgan fingerprint density at radius 1 is 1.18 bits per heavy atom. The van der Waals surface area contributed by atoms with Crippen LogP contribution >= 0.6 is 24.0 Å². The van der Waals surface area contributed by atoms with Crippen LogP contribution < -0.4 is 20.7 Å². The summed E-state index contributed by atoms with van der Waals surface area (Å²) in [5, 5.41) is 15.2. The molecule has 33 heavy (non-hydrogen) atoms. The van der Waals surface area contributed by atoms with Gasteiger partial charge in [0.25, 0.3) is 0 Å². The van der Waals surface area contributed by atoms with Gasteiger partial charge in [-0.3, -0.25) is 4.68 Å². The third kappa shape index (κ3) is 7.44. The molecule has 0 aliphatic heterocycles. The number of benzene rings is 1. The maximum absolute atomic E-state index is 6.11. The van der Waals surface area contributed by atoms with E-state index in [2.05, 4.69) is 76.9 Å². The van der Waals surface area contributed by atoms with Gasteiger partial charge in [-0.15, -0.1) is 24.0 Å². The Balaban J connectivity index is 0.00000385. The van der Waals surface area contributed by atoms with Crippen molar-refractivity contribution in [1.82, 2.24) is 30.4 Å². The van der Waals surface area contributed by atoms with Gasteiger partial charge < -0.3 is 20.7 Å². The SMILES string of the molecule is CCNC(=NCc1ccc(C)cc1OC(C)CC)NCCNc1ncnc2c1cnn2C.I. The zero-order valence-corrected chi connectivity index (χ0v) is 22.4. The van der Waals surface area contributed by atoms with Gasteiger partial charge in [0.05, 0.1) is 24.2 Å². The third-order valence-corrected chi connectivity index (χ3v) is 5.12. The molecule has 2 aromatic heterocycles. The lowest BCUT2D eigenvalue weighted by molar-refractivity contribution is 0.215. The number of halogens is 1. The standard InChI is InChI=1S/C23H34N8O.HI/c1-6-17(4)32-20-12-16(3)8-9-18(20)13-27-23(24-7-2)26-11-10-25-21-19-14-30-31(5)22(19)29-15-28-21;/h8-9,12,14-15,17H,6-7,10-11,13H2,1-5H3,(H2,24,26,27)(H,25,28,29);1H. The Kier molecular flexibility index (Phi) is 10.6. The second-order valence-electron chi connectivity index (χ2n) is 7.72. The van der Waals surface area contributed by atoms with E-state index in [1.165, 1.54) is 5.56 Å². The fourth-order valence-electron chi connectivity index (χ4n) is 3.17. The van der Waals surface area contributed by atoms with Crippen LogP contribution in [-0.4, -0.2) is 51.4 Å². The van der Waals surface area contributed by atoms with E-state index in [0.717, 1.165) is 47.1 Å². The first-order chi connectivity index (χ1) is 15.5. The molecule has 1 unspecified atom stereocenters. The maximum Gasteiger partial charge on any atom is 0.191 e. The fraction of sp³-hybridized carbons (Fsp3) is 0.478. The first kappa shape index (κ1) is 26.6. The van der Waals surface area contributed by atoms with Gasteiger partial charge in [0.2, 0.25) is 0 Å². The molecule has 2 heterocycles. The molecule has 0 saturated carbocycles. The summed E-state index contributed by atoms with van der Waals surface area (Å²) in [6.45, 7) is 11.0. The van der Waals surface area contributed by atoms with Crippen molar-refractivity contribution in [3.8, 4) is 5.75 Å². The van der Waals surface area contributed by atoms with Gasteiger partial charge in [0.1, 0.15) is 17.9 Å². The highest BCUT2D eigenvalue weighted by atomic mass is 127. The normalized spacial score (nSPS) is 12.2. The summed E-state index contributed by atoms with van der Waals surface area (Å²) in [6.07, 6.45) is 4.46. The van der Waals surface area contributed by atoms with Crippen molar-refractivity contribution in [1.29, 1.82) is 0 Å². The number of nitrogens with zero attached hydrogens (tertiary/aromatic N) is 5. The molecule has 10 heteroatoms. The van der Waals surface area contributed by atoms with Crippen LogP contribution in [0.3, 0.4) is 0 Å².